The molecule has 0 unspecified atom stereocenters. The molecule has 1 aliphatic carbocycles. The molecule has 8 heteroatoms. The lowest BCUT2D eigenvalue weighted by Crippen LogP contribution is -2.43. The van der Waals surface area contributed by atoms with Crippen LogP contribution in [0, 0.1) is 0 Å². The number of nitrogens with zero attached hydrogens (tertiary/aromatic N) is 1. The fraction of sp³-hybridized carbons (Fsp3) is 0.529. The minimum atomic E-state index is -0.578. The van der Waals surface area contributed by atoms with Crippen LogP contribution in [0.1, 0.15) is 93.8 Å². The van der Waals surface area contributed by atoms with Gasteiger partial charge in [0.1, 0.15) is 0 Å². The molecule has 0 bridgehead atoms. The van der Waals surface area contributed by atoms with Crippen LogP contribution < -0.4 is 10.6 Å². The van der Waals surface area contributed by atoms with Crippen molar-refractivity contribution >= 4 is 17.5 Å². The van der Waals surface area contributed by atoms with Crippen molar-refractivity contribution in [3.8, 4) is 0 Å². The zero-order valence-electron chi connectivity index (χ0n) is 24.9. The molecule has 1 saturated carbocycles. The van der Waals surface area contributed by atoms with Crippen LogP contribution in [0.5, 0.6) is 0 Å². The van der Waals surface area contributed by atoms with E-state index < -0.39 is 6.29 Å². The fourth-order valence-corrected chi connectivity index (χ4v) is 5.94. The number of anilines is 1. The Morgan fingerprint density at radius 1 is 1.05 bits per heavy atom. The molecule has 0 radical (unpaired) electrons. The van der Waals surface area contributed by atoms with Crippen LogP contribution in [0.3, 0.4) is 0 Å². The predicted molar refractivity (Wildman–Crippen MR) is 165 cm³/mol. The molecule has 2 aromatic carbocycles. The molecule has 8 nitrogen and oxygen atoms in total. The van der Waals surface area contributed by atoms with Crippen molar-refractivity contribution < 1.29 is 24.2 Å². The van der Waals surface area contributed by atoms with Crippen LogP contribution in [-0.4, -0.2) is 53.6 Å². The van der Waals surface area contributed by atoms with Gasteiger partial charge in [-0.2, -0.15) is 0 Å². The van der Waals surface area contributed by atoms with Crippen LogP contribution in [0.25, 0.3) is 0 Å². The van der Waals surface area contributed by atoms with E-state index in [1.165, 1.54) is 32.6 Å². The van der Waals surface area contributed by atoms with E-state index >= 15 is 0 Å². The van der Waals surface area contributed by atoms with Crippen LogP contribution in [-0.2, 0) is 25.7 Å². The Kier molecular flexibility index (Phi) is 12.6. The van der Waals surface area contributed by atoms with Crippen LogP contribution in [0.4, 0.5) is 5.69 Å². The summed E-state index contributed by atoms with van der Waals surface area (Å²) < 4.78 is 13.1. The molecular weight excluding hydrogens is 530 g/mol. The van der Waals surface area contributed by atoms with Gasteiger partial charge in [0.25, 0.3) is 0 Å². The number of nitrogens with one attached hydrogen (secondary N) is 2. The maximum atomic E-state index is 12.6. The van der Waals surface area contributed by atoms with E-state index in [1.54, 1.807) is 0 Å². The molecule has 1 aliphatic heterocycles. The van der Waals surface area contributed by atoms with Crippen LogP contribution >= 0.6 is 0 Å². The number of unbranched alkanes of at least 4 members (excludes halogenated alkanes) is 2. The Bertz CT molecular complexity index is 1150. The quantitative estimate of drug-likeness (QED) is 0.183. The van der Waals surface area contributed by atoms with E-state index in [9.17, 15) is 14.7 Å². The molecule has 228 valence electrons. The SMILES string of the molecule is C=CCN(C[C@@H]1C[C@H](c2ccc(CO)cc2)O[C@H](c2cccc(NC(=O)CCCCCNC(C)=O)c2)O1)C1CCCC1. The highest BCUT2D eigenvalue weighted by molar-refractivity contribution is 5.90. The van der Waals surface area contributed by atoms with Crippen molar-refractivity contribution in [3.63, 3.8) is 0 Å². The summed E-state index contributed by atoms with van der Waals surface area (Å²) in [4.78, 5) is 26.1. The lowest BCUT2D eigenvalue weighted by Gasteiger charge is -2.39. The number of benzene rings is 2. The average molecular weight is 578 g/mol. The maximum absolute atomic E-state index is 12.6. The summed E-state index contributed by atoms with van der Waals surface area (Å²) >= 11 is 0. The second-order valence-electron chi connectivity index (χ2n) is 11.5. The minimum absolute atomic E-state index is 0.00759. The lowest BCUT2D eigenvalue weighted by atomic mass is 9.99. The van der Waals surface area contributed by atoms with Gasteiger partial charge in [0.15, 0.2) is 6.29 Å². The van der Waals surface area contributed by atoms with Crippen molar-refractivity contribution in [2.45, 2.75) is 95.9 Å². The average Bonchev–Trinajstić information content (AvgIpc) is 3.54. The zero-order valence-corrected chi connectivity index (χ0v) is 24.9. The summed E-state index contributed by atoms with van der Waals surface area (Å²) in [5.41, 5.74) is 3.51. The van der Waals surface area contributed by atoms with Crippen molar-refractivity contribution in [2.75, 3.05) is 25.0 Å². The largest absolute Gasteiger partial charge is 0.392 e. The van der Waals surface area contributed by atoms with E-state index in [0.717, 1.165) is 55.5 Å². The molecule has 2 amide bonds. The summed E-state index contributed by atoms with van der Waals surface area (Å²) in [5, 5.41) is 15.3. The predicted octanol–water partition coefficient (Wildman–Crippen LogP) is 5.79. The molecule has 1 saturated heterocycles. The Labute approximate surface area is 250 Å². The van der Waals surface area contributed by atoms with Crippen molar-refractivity contribution in [1.82, 2.24) is 10.2 Å². The molecule has 0 aromatic heterocycles. The number of carbonyl (C=O) groups is 2. The first-order chi connectivity index (χ1) is 20.4. The molecule has 2 fully saturated rings. The van der Waals surface area contributed by atoms with Crippen LogP contribution in [0.2, 0.25) is 0 Å². The number of hydrogen-bond donors (Lipinski definition) is 3. The van der Waals surface area contributed by atoms with Gasteiger partial charge in [-0.3, -0.25) is 14.5 Å². The molecule has 3 atom stereocenters. The number of rotatable bonds is 15. The number of amides is 2. The molecule has 0 spiro atoms. The van der Waals surface area contributed by atoms with Gasteiger partial charge in [0.2, 0.25) is 11.8 Å². The molecule has 3 N–H and O–H groups in total. The normalized spacial score (nSPS) is 20.9. The third kappa shape index (κ3) is 9.76. The Morgan fingerprint density at radius 2 is 1.83 bits per heavy atom. The fourth-order valence-electron chi connectivity index (χ4n) is 5.94. The smallest absolute Gasteiger partial charge is 0.224 e. The van der Waals surface area contributed by atoms with Gasteiger partial charge in [-0.25, -0.2) is 0 Å². The highest BCUT2D eigenvalue weighted by Crippen LogP contribution is 2.39. The topological polar surface area (TPSA) is 100 Å². The molecule has 1 heterocycles. The van der Waals surface area contributed by atoms with Gasteiger partial charge in [0.05, 0.1) is 18.8 Å². The highest BCUT2D eigenvalue weighted by Gasteiger charge is 2.34. The molecule has 42 heavy (non-hydrogen) atoms. The van der Waals surface area contributed by atoms with Crippen LogP contribution in [0.15, 0.2) is 61.2 Å². The van der Waals surface area contributed by atoms with E-state index in [0.29, 0.717) is 24.7 Å². The number of aliphatic hydroxyl groups excluding tert-OH is 1. The van der Waals surface area contributed by atoms with E-state index in [-0.39, 0.29) is 30.6 Å². The lowest BCUT2D eigenvalue weighted by molar-refractivity contribution is -0.253. The number of carbonyl (C=O) groups excluding carboxylic acids is 2. The first kappa shape index (κ1) is 31.9. The summed E-state index contributed by atoms with van der Waals surface area (Å²) in [6.45, 7) is 7.80. The zero-order chi connectivity index (χ0) is 29.7. The van der Waals surface area contributed by atoms with Gasteiger partial charge in [-0.05, 0) is 48.9 Å². The van der Waals surface area contributed by atoms with Crippen molar-refractivity contribution in [3.05, 3.63) is 77.9 Å². The third-order valence-electron chi connectivity index (χ3n) is 8.15. The Morgan fingerprint density at radius 3 is 2.55 bits per heavy atom. The molecule has 2 aromatic rings. The van der Waals surface area contributed by atoms with E-state index in [4.69, 9.17) is 9.47 Å². The maximum Gasteiger partial charge on any atom is 0.224 e. The van der Waals surface area contributed by atoms with Gasteiger partial charge in [-0.15, -0.1) is 6.58 Å². The molecular formula is C34H47N3O5. The Balaban J connectivity index is 1.43. The minimum Gasteiger partial charge on any atom is -0.392 e. The standard InChI is InChI=1S/C34H47N3O5/c1-3-20-37(30-12-6-7-13-30)23-31-22-32(27-17-15-26(24-38)16-18-27)42-34(41-31)28-10-9-11-29(21-28)36-33(40)14-5-4-8-19-35-25(2)39/h3,9-11,15-18,21,30-32,34,38H,1,4-8,12-14,19-20,22-24H2,2H3,(H,35,39)(H,36,40)/t31-,32+,34+/m0/s1. The van der Waals surface area contributed by atoms with Gasteiger partial charge < -0.3 is 25.2 Å². The van der Waals surface area contributed by atoms with Gasteiger partial charge in [-0.1, -0.05) is 61.7 Å². The van der Waals surface area contributed by atoms with Crippen molar-refractivity contribution in [2.24, 2.45) is 0 Å². The summed E-state index contributed by atoms with van der Waals surface area (Å²) in [6.07, 6.45) is 9.82. The first-order valence-electron chi connectivity index (χ1n) is 15.4. The van der Waals surface area contributed by atoms with E-state index in [2.05, 4.69) is 22.1 Å². The van der Waals surface area contributed by atoms with Gasteiger partial charge in [0, 0.05) is 56.7 Å². The van der Waals surface area contributed by atoms with Crippen molar-refractivity contribution in [1.29, 1.82) is 0 Å². The number of aliphatic hydroxyl groups is 1. The number of ether oxygens (including phenoxy) is 2. The summed E-state index contributed by atoms with van der Waals surface area (Å²) in [6, 6.07) is 16.2. The summed E-state index contributed by atoms with van der Waals surface area (Å²) in [5.74, 6) is -0.0628. The third-order valence-corrected chi connectivity index (χ3v) is 8.15. The molecule has 2 aliphatic rings. The number of hydrogen-bond acceptors (Lipinski definition) is 6. The van der Waals surface area contributed by atoms with E-state index in [1.807, 2.05) is 54.6 Å². The monoisotopic (exact) mass is 577 g/mol. The Hall–Kier alpha value is -3.04. The second kappa shape index (κ2) is 16.6. The second-order valence-corrected chi connectivity index (χ2v) is 11.5. The summed E-state index contributed by atoms with van der Waals surface area (Å²) in [7, 11) is 0. The molecule has 4 rings (SSSR count). The first-order valence-corrected chi connectivity index (χ1v) is 15.4. The van der Waals surface area contributed by atoms with Gasteiger partial charge >= 0.3 is 0 Å². The highest BCUT2D eigenvalue weighted by atomic mass is 16.7.